The fraction of sp³-hybridized carbons (Fsp3) is 0.462. The van der Waals surface area contributed by atoms with E-state index in [1.165, 1.54) is 18.2 Å². The first-order valence-corrected chi connectivity index (χ1v) is 7.94. The van der Waals surface area contributed by atoms with E-state index < -0.39 is 22.0 Å². The molecule has 0 bridgehead atoms. The minimum absolute atomic E-state index is 0.0568. The monoisotopic (exact) mass is 315 g/mol. The van der Waals surface area contributed by atoms with Crippen molar-refractivity contribution in [3.63, 3.8) is 0 Å². The molecule has 0 saturated carbocycles. The van der Waals surface area contributed by atoms with E-state index >= 15 is 0 Å². The van der Waals surface area contributed by atoms with Crippen molar-refractivity contribution in [2.45, 2.75) is 24.8 Å². The van der Waals surface area contributed by atoms with E-state index in [4.69, 9.17) is 14.6 Å². The van der Waals surface area contributed by atoms with Crippen LogP contribution >= 0.6 is 0 Å². The van der Waals surface area contributed by atoms with Crippen molar-refractivity contribution < 1.29 is 27.8 Å². The van der Waals surface area contributed by atoms with Crippen molar-refractivity contribution in [2.24, 2.45) is 5.92 Å². The number of nitrogens with one attached hydrogen (secondary N) is 1. The molecule has 0 aromatic heterocycles. The molecule has 2 N–H and O–H groups in total. The number of ether oxygens (including phenoxy) is 2. The van der Waals surface area contributed by atoms with Crippen LogP contribution in [-0.4, -0.2) is 38.7 Å². The fourth-order valence-corrected chi connectivity index (χ4v) is 3.25. The third-order valence-electron chi connectivity index (χ3n) is 3.04. The van der Waals surface area contributed by atoms with E-state index in [-0.39, 0.29) is 10.8 Å². The normalized spacial score (nSPS) is 15.8. The Labute approximate surface area is 122 Å². The van der Waals surface area contributed by atoms with Crippen molar-refractivity contribution in [1.82, 2.24) is 4.72 Å². The lowest BCUT2D eigenvalue weighted by atomic mass is 10.1. The maximum absolute atomic E-state index is 12.3. The molecule has 1 atom stereocenters. The number of rotatable bonds is 5. The van der Waals surface area contributed by atoms with Gasteiger partial charge >= 0.3 is 5.97 Å². The first kappa shape index (κ1) is 15.6. The standard InChI is InChI=1S/C13H17NO6S/c1-8(2)12(13(15)16)14-21(17,18)9-3-4-10-11(7-9)20-6-5-19-10/h3-4,7-8,12,14H,5-6H2,1-2H3,(H,15,16)/t12-/m1/s1. The molecular weight excluding hydrogens is 298 g/mol. The van der Waals surface area contributed by atoms with Gasteiger partial charge in [-0.25, -0.2) is 8.42 Å². The third kappa shape index (κ3) is 3.45. The van der Waals surface area contributed by atoms with Crippen molar-refractivity contribution in [3.05, 3.63) is 18.2 Å². The van der Waals surface area contributed by atoms with Crippen LogP contribution in [0.15, 0.2) is 23.1 Å². The Morgan fingerprint density at radius 3 is 2.43 bits per heavy atom. The fourth-order valence-electron chi connectivity index (χ4n) is 1.90. The summed E-state index contributed by atoms with van der Waals surface area (Å²) in [5.41, 5.74) is 0. The first-order chi connectivity index (χ1) is 9.81. The van der Waals surface area contributed by atoms with Crippen LogP contribution in [0.2, 0.25) is 0 Å². The maximum Gasteiger partial charge on any atom is 0.322 e. The predicted molar refractivity (Wildman–Crippen MR) is 74.0 cm³/mol. The zero-order valence-corrected chi connectivity index (χ0v) is 12.5. The average Bonchev–Trinajstić information content (AvgIpc) is 2.43. The zero-order valence-electron chi connectivity index (χ0n) is 11.7. The smallest absolute Gasteiger partial charge is 0.322 e. The molecule has 7 nitrogen and oxygen atoms in total. The van der Waals surface area contributed by atoms with E-state index in [9.17, 15) is 13.2 Å². The number of hydrogen-bond acceptors (Lipinski definition) is 5. The highest BCUT2D eigenvalue weighted by molar-refractivity contribution is 7.89. The van der Waals surface area contributed by atoms with Crippen LogP contribution in [0.1, 0.15) is 13.8 Å². The zero-order chi connectivity index (χ0) is 15.6. The highest BCUT2D eigenvalue weighted by atomic mass is 32.2. The summed E-state index contributed by atoms with van der Waals surface area (Å²) in [5.74, 6) is -0.792. The molecule has 1 heterocycles. The molecule has 0 aliphatic carbocycles. The number of hydrogen-bond donors (Lipinski definition) is 2. The van der Waals surface area contributed by atoms with Crippen molar-refractivity contribution >= 4 is 16.0 Å². The Balaban J connectivity index is 2.29. The van der Waals surface area contributed by atoms with Gasteiger partial charge in [-0.05, 0) is 18.1 Å². The molecule has 0 saturated heterocycles. The molecule has 8 heteroatoms. The average molecular weight is 315 g/mol. The quantitative estimate of drug-likeness (QED) is 0.835. The molecule has 116 valence electrons. The minimum atomic E-state index is -3.95. The van der Waals surface area contributed by atoms with Gasteiger partial charge in [-0.2, -0.15) is 4.72 Å². The van der Waals surface area contributed by atoms with Crippen LogP contribution in [0.3, 0.4) is 0 Å². The molecule has 1 aliphatic heterocycles. The number of benzene rings is 1. The molecule has 0 radical (unpaired) electrons. The van der Waals surface area contributed by atoms with Crippen LogP contribution in [0.25, 0.3) is 0 Å². The van der Waals surface area contributed by atoms with Crippen molar-refractivity contribution in [3.8, 4) is 11.5 Å². The summed E-state index contributed by atoms with van der Waals surface area (Å²) < 4.78 is 37.4. The molecule has 1 aliphatic rings. The molecule has 0 fully saturated rings. The van der Waals surface area contributed by atoms with Gasteiger partial charge in [0.15, 0.2) is 11.5 Å². The summed E-state index contributed by atoms with van der Waals surface area (Å²) in [6.45, 7) is 4.01. The van der Waals surface area contributed by atoms with Crippen molar-refractivity contribution in [1.29, 1.82) is 0 Å². The second kappa shape index (κ2) is 5.90. The first-order valence-electron chi connectivity index (χ1n) is 6.46. The molecular formula is C13H17NO6S. The summed E-state index contributed by atoms with van der Waals surface area (Å²) in [6, 6.07) is 2.99. The summed E-state index contributed by atoms with van der Waals surface area (Å²) in [5, 5.41) is 9.07. The summed E-state index contributed by atoms with van der Waals surface area (Å²) in [4.78, 5) is 11.1. The van der Waals surface area contributed by atoms with Crippen LogP contribution in [0, 0.1) is 5.92 Å². The summed E-state index contributed by atoms with van der Waals surface area (Å²) >= 11 is 0. The number of aliphatic carboxylic acids is 1. The Kier molecular flexibility index (Phi) is 4.38. The topological polar surface area (TPSA) is 102 Å². The van der Waals surface area contributed by atoms with Gasteiger partial charge in [-0.3, -0.25) is 4.79 Å². The third-order valence-corrected chi connectivity index (χ3v) is 4.48. The Hall–Kier alpha value is -1.80. The number of carboxylic acids is 1. The lowest BCUT2D eigenvalue weighted by Gasteiger charge is -2.20. The van der Waals surface area contributed by atoms with Gasteiger partial charge in [0.05, 0.1) is 4.90 Å². The van der Waals surface area contributed by atoms with Gasteiger partial charge in [-0.1, -0.05) is 13.8 Å². The molecule has 2 rings (SSSR count). The Morgan fingerprint density at radius 2 is 1.86 bits per heavy atom. The van der Waals surface area contributed by atoms with Crippen LogP contribution < -0.4 is 14.2 Å². The highest BCUT2D eigenvalue weighted by Crippen LogP contribution is 2.32. The van der Waals surface area contributed by atoms with E-state index in [1.54, 1.807) is 13.8 Å². The molecule has 0 amide bonds. The molecule has 1 aromatic rings. The maximum atomic E-state index is 12.3. The van der Waals surface area contributed by atoms with Crippen LogP contribution in [0.5, 0.6) is 11.5 Å². The number of fused-ring (bicyclic) bond motifs is 1. The number of sulfonamides is 1. The lowest BCUT2D eigenvalue weighted by molar-refractivity contribution is -0.140. The van der Waals surface area contributed by atoms with Crippen LogP contribution in [0.4, 0.5) is 0 Å². The number of carbonyl (C=O) groups is 1. The van der Waals surface area contributed by atoms with Gasteiger partial charge in [0, 0.05) is 6.07 Å². The predicted octanol–water partition coefficient (Wildman–Crippen LogP) is 0.845. The highest BCUT2D eigenvalue weighted by Gasteiger charge is 2.28. The molecule has 1 aromatic carbocycles. The van der Waals surface area contributed by atoms with E-state index in [1.807, 2.05) is 0 Å². The van der Waals surface area contributed by atoms with Gasteiger partial charge in [0.25, 0.3) is 0 Å². The van der Waals surface area contributed by atoms with E-state index in [0.29, 0.717) is 24.7 Å². The molecule has 0 spiro atoms. The largest absolute Gasteiger partial charge is 0.486 e. The minimum Gasteiger partial charge on any atom is -0.486 e. The van der Waals surface area contributed by atoms with Gasteiger partial charge in [0.1, 0.15) is 19.3 Å². The molecule has 0 unspecified atom stereocenters. The second-order valence-corrected chi connectivity index (χ2v) is 6.70. The van der Waals surface area contributed by atoms with Gasteiger partial charge in [-0.15, -0.1) is 0 Å². The Morgan fingerprint density at radius 1 is 1.24 bits per heavy atom. The van der Waals surface area contributed by atoms with E-state index in [2.05, 4.69) is 4.72 Å². The SMILES string of the molecule is CC(C)[C@@H](NS(=O)(=O)c1ccc2c(c1)OCCO2)C(=O)O. The second-order valence-electron chi connectivity index (χ2n) is 4.99. The lowest BCUT2D eigenvalue weighted by Crippen LogP contribution is -2.44. The number of carboxylic acid groups (broad SMARTS) is 1. The Bertz CT molecular complexity index is 640. The summed E-state index contributed by atoms with van der Waals surface area (Å²) in [6.07, 6.45) is 0. The van der Waals surface area contributed by atoms with Gasteiger partial charge in [0.2, 0.25) is 10.0 Å². The summed E-state index contributed by atoms with van der Waals surface area (Å²) in [7, 11) is -3.95. The van der Waals surface area contributed by atoms with Crippen molar-refractivity contribution in [2.75, 3.05) is 13.2 Å². The van der Waals surface area contributed by atoms with Gasteiger partial charge < -0.3 is 14.6 Å². The van der Waals surface area contributed by atoms with Crippen LogP contribution in [-0.2, 0) is 14.8 Å². The van der Waals surface area contributed by atoms with E-state index in [0.717, 1.165) is 0 Å². The molecule has 21 heavy (non-hydrogen) atoms.